The molecule has 1 fully saturated rings. The van der Waals surface area contributed by atoms with Crippen molar-refractivity contribution in [3.05, 3.63) is 23.8 Å². The Balaban J connectivity index is 1.79. The van der Waals surface area contributed by atoms with E-state index in [1.54, 1.807) is 0 Å². The zero-order chi connectivity index (χ0) is 15.0. The topological polar surface area (TPSA) is 64.6 Å². The molecule has 114 valence electrons. The number of likely N-dealkylation sites (N-methyl/N-ethyl adjacent to an activating group) is 1. The average Bonchev–Trinajstić information content (AvgIpc) is 3.04. The van der Waals surface area contributed by atoms with Crippen molar-refractivity contribution in [3.63, 3.8) is 0 Å². The van der Waals surface area contributed by atoms with Gasteiger partial charge in [0.25, 0.3) is 0 Å². The van der Waals surface area contributed by atoms with Crippen molar-refractivity contribution in [2.24, 2.45) is 5.92 Å². The molecule has 2 aliphatic rings. The number of nitrogens with one attached hydrogen (secondary N) is 2. The third-order valence-electron chi connectivity index (χ3n) is 4.55. The number of aliphatic hydroxyl groups is 1. The number of hydrogen-bond donors (Lipinski definition) is 3. The maximum absolute atomic E-state index is 12.0. The lowest BCUT2D eigenvalue weighted by molar-refractivity contribution is -0.117. The van der Waals surface area contributed by atoms with E-state index in [0.29, 0.717) is 5.92 Å². The number of aliphatic hydroxyl groups excluding tert-OH is 1. The maximum Gasteiger partial charge on any atom is 0.246 e. The van der Waals surface area contributed by atoms with Crippen LogP contribution in [0.25, 0.3) is 0 Å². The predicted octanol–water partition coefficient (Wildman–Crippen LogP) is 1.50. The minimum atomic E-state index is -0.262. The number of rotatable bonds is 4. The van der Waals surface area contributed by atoms with Crippen LogP contribution in [0.15, 0.2) is 18.2 Å². The fourth-order valence-corrected chi connectivity index (χ4v) is 3.27. The van der Waals surface area contributed by atoms with E-state index in [9.17, 15) is 9.90 Å². The standard InChI is InChI=1S/C16H23N3O2/c1-3-17-15-13-5-4-12(8-14(13)18-16(15)21)19-7-6-11(9-19)10(2)20/h4-5,8,10-11,15,17,20H,3,6-7,9H2,1-2H3,(H,18,21). The number of fused-ring (bicyclic) bond motifs is 1. The van der Waals surface area contributed by atoms with Crippen molar-refractivity contribution in [3.8, 4) is 0 Å². The zero-order valence-electron chi connectivity index (χ0n) is 12.6. The van der Waals surface area contributed by atoms with Crippen molar-refractivity contribution in [2.45, 2.75) is 32.4 Å². The number of amides is 1. The van der Waals surface area contributed by atoms with Gasteiger partial charge in [0.15, 0.2) is 0 Å². The van der Waals surface area contributed by atoms with Gasteiger partial charge in [-0.15, -0.1) is 0 Å². The molecule has 0 aromatic heterocycles. The highest BCUT2D eigenvalue weighted by Crippen LogP contribution is 2.35. The molecule has 1 amide bonds. The molecule has 3 N–H and O–H groups in total. The van der Waals surface area contributed by atoms with Gasteiger partial charge in [0.1, 0.15) is 6.04 Å². The van der Waals surface area contributed by atoms with Gasteiger partial charge in [-0.3, -0.25) is 4.79 Å². The molecule has 21 heavy (non-hydrogen) atoms. The fourth-order valence-electron chi connectivity index (χ4n) is 3.27. The van der Waals surface area contributed by atoms with E-state index in [1.165, 1.54) is 0 Å². The zero-order valence-corrected chi connectivity index (χ0v) is 12.6. The van der Waals surface area contributed by atoms with Gasteiger partial charge in [-0.1, -0.05) is 13.0 Å². The minimum Gasteiger partial charge on any atom is -0.393 e. The number of carbonyl (C=O) groups is 1. The van der Waals surface area contributed by atoms with E-state index in [2.05, 4.69) is 27.7 Å². The van der Waals surface area contributed by atoms with Crippen molar-refractivity contribution in [2.75, 3.05) is 29.9 Å². The first kappa shape index (κ1) is 14.4. The Hall–Kier alpha value is -1.59. The smallest absolute Gasteiger partial charge is 0.246 e. The van der Waals surface area contributed by atoms with Crippen LogP contribution in [0.4, 0.5) is 11.4 Å². The van der Waals surface area contributed by atoms with Crippen LogP contribution in [-0.2, 0) is 4.79 Å². The predicted molar refractivity (Wildman–Crippen MR) is 83.5 cm³/mol. The highest BCUT2D eigenvalue weighted by Gasteiger charge is 2.31. The number of nitrogens with zero attached hydrogens (tertiary/aromatic N) is 1. The summed E-state index contributed by atoms with van der Waals surface area (Å²) in [6.45, 7) is 6.46. The third-order valence-corrected chi connectivity index (χ3v) is 4.55. The van der Waals surface area contributed by atoms with Crippen molar-refractivity contribution >= 4 is 17.3 Å². The van der Waals surface area contributed by atoms with E-state index in [0.717, 1.165) is 43.0 Å². The molecule has 3 atom stereocenters. The molecule has 1 aromatic carbocycles. The summed E-state index contributed by atoms with van der Waals surface area (Å²) in [5.74, 6) is 0.356. The lowest BCUT2D eigenvalue weighted by Gasteiger charge is -2.20. The monoisotopic (exact) mass is 289 g/mol. The Labute approximate surface area is 125 Å². The molecule has 0 saturated carbocycles. The molecule has 0 bridgehead atoms. The largest absolute Gasteiger partial charge is 0.393 e. The molecule has 1 saturated heterocycles. The van der Waals surface area contributed by atoms with E-state index >= 15 is 0 Å². The van der Waals surface area contributed by atoms with Gasteiger partial charge in [-0.05, 0) is 32.0 Å². The molecular formula is C16H23N3O2. The van der Waals surface area contributed by atoms with Gasteiger partial charge in [0.2, 0.25) is 5.91 Å². The molecule has 5 heteroatoms. The Morgan fingerprint density at radius 3 is 3.00 bits per heavy atom. The van der Waals surface area contributed by atoms with Crippen LogP contribution < -0.4 is 15.5 Å². The Morgan fingerprint density at radius 2 is 2.33 bits per heavy atom. The van der Waals surface area contributed by atoms with Gasteiger partial charge >= 0.3 is 0 Å². The molecule has 1 aromatic rings. The number of carbonyl (C=O) groups excluding carboxylic acids is 1. The van der Waals surface area contributed by atoms with E-state index in [4.69, 9.17) is 0 Å². The van der Waals surface area contributed by atoms with Gasteiger partial charge in [0, 0.05) is 35.9 Å². The van der Waals surface area contributed by atoms with Crippen molar-refractivity contribution in [1.29, 1.82) is 0 Å². The van der Waals surface area contributed by atoms with E-state index in [-0.39, 0.29) is 18.1 Å². The highest BCUT2D eigenvalue weighted by atomic mass is 16.3. The molecule has 2 heterocycles. The second-order valence-electron chi connectivity index (χ2n) is 5.99. The van der Waals surface area contributed by atoms with Gasteiger partial charge < -0.3 is 20.6 Å². The first-order valence-corrected chi connectivity index (χ1v) is 7.71. The third kappa shape index (κ3) is 2.63. The van der Waals surface area contributed by atoms with Crippen molar-refractivity contribution < 1.29 is 9.90 Å². The van der Waals surface area contributed by atoms with Crippen LogP contribution in [0.3, 0.4) is 0 Å². The SMILES string of the molecule is CCNC1C(=O)Nc2cc(N3CCC(C(C)O)C3)ccc21. The second-order valence-corrected chi connectivity index (χ2v) is 5.99. The molecule has 2 aliphatic heterocycles. The van der Waals surface area contributed by atoms with Crippen LogP contribution in [0.2, 0.25) is 0 Å². The highest BCUT2D eigenvalue weighted by molar-refractivity contribution is 6.03. The van der Waals surface area contributed by atoms with Crippen LogP contribution in [0, 0.1) is 5.92 Å². The maximum atomic E-state index is 12.0. The summed E-state index contributed by atoms with van der Waals surface area (Å²) < 4.78 is 0. The van der Waals surface area contributed by atoms with Gasteiger partial charge in [0.05, 0.1) is 6.10 Å². The Bertz CT molecular complexity index is 544. The van der Waals surface area contributed by atoms with Crippen LogP contribution in [0.1, 0.15) is 31.9 Å². The molecule has 0 spiro atoms. The summed E-state index contributed by atoms with van der Waals surface area (Å²) in [4.78, 5) is 14.3. The minimum absolute atomic E-state index is 0.0206. The molecule has 0 aliphatic carbocycles. The quantitative estimate of drug-likeness (QED) is 0.786. The average molecular weight is 289 g/mol. The van der Waals surface area contributed by atoms with E-state index in [1.807, 2.05) is 19.9 Å². The molecule has 5 nitrogen and oxygen atoms in total. The summed E-state index contributed by atoms with van der Waals surface area (Å²) in [6.07, 6.45) is 0.753. The molecule has 3 rings (SSSR count). The van der Waals surface area contributed by atoms with E-state index < -0.39 is 0 Å². The van der Waals surface area contributed by atoms with Crippen LogP contribution >= 0.6 is 0 Å². The Kier molecular flexibility index (Phi) is 3.87. The number of benzene rings is 1. The molecular weight excluding hydrogens is 266 g/mol. The summed E-state index contributed by atoms with van der Waals surface area (Å²) in [7, 11) is 0. The normalized spacial score (nSPS) is 25.9. The summed E-state index contributed by atoms with van der Waals surface area (Å²) in [5.41, 5.74) is 3.05. The number of anilines is 2. The first-order valence-electron chi connectivity index (χ1n) is 7.71. The van der Waals surface area contributed by atoms with Crippen LogP contribution in [0.5, 0.6) is 0 Å². The fraction of sp³-hybridized carbons (Fsp3) is 0.562. The summed E-state index contributed by atoms with van der Waals surface area (Å²) in [5, 5.41) is 15.9. The molecule has 3 unspecified atom stereocenters. The Morgan fingerprint density at radius 1 is 1.52 bits per heavy atom. The lowest BCUT2D eigenvalue weighted by Crippen LogP contribution is -2.27. The summed E-state index contributed by atoms with van der Waals surface area (Å²) in [6, 6.07) is 5.93. The number of hydrogen-bond acceptors (Lipinski definition) is 4. The molecule has 0 radical (unpaired) electrons. The summed E-state index contributed by atoms with van der Waals surface area (Å²) >= 11 is 0. The van der Waals surface area contributed by atoms with Gasteiger partial charge in [-0.25, -0.2) is 0 Å². The first-order chi connectivity index (χ1) is 10.1. The van der Waals surface area contributed by atoms with Crippen molar-refractivity contribution in [1.82, 2.24) is 5.32 Å². The van der Waals surface area contributed by atoms with Gasteiger partial charge in [-0.2, -0.15) is 0 Å². The second kappa shape index (κ2) is 5.66. The van der Waals surface area contributed by atoms with Crippen LogP contribution in [-0.4, -0.2) is 36.8 Å². The lowest BCUT2D eigenvalue weighted by atomic mass is 10.0.